The minimum Gasteiger partial charge on any atom is -0.497 e. The molecule has 0 aromatic heterocycles. The van der Waals surface area contributed by atoms with Crippen molar-refractivity contribution in [2.75, 3.05) is 27.3 Å². The van der Waals surface area contributed by atoms with E-state index in [0.717, 1.165) is 5.56 Å². The lowest BCUT2D eigenvalue weighted by atomic mass is 10.1. The maximum absolute atomic E-state index is 9.27. The van der Waals surface area contributed by atoms with Crippen LogP contribution < -0.4 is 14.8 Å². The first kappa shape index (κ1) is 15.6. The van der Waals surface area contributed by atoms with Crippen LogP contribution in [0.5, 0.6) is 11.5 Å². The highest BCUT2D eigenvalue weighted by Gasteiger charge is 2.15. The van der Waals surface area contributed by atoms with Gasteiger partial charge in [0.15, 0.2) is 0 Å². The summed E-state index contributed by atoms with van der Waals surface area (Å²) in [7, 11) is 3.13. The number of ether oxygens (including phenoxy) is 2. The zero-order chi connectivity index (χ0) is 14.8. The van der Waals surface area contributed by atoms with Crippen molar-refractivity contribution in [2.24, 2.45) is 5.11 Å². The van der Waals surface area contributed by atoms with E-state index >= 15 is 0 Å². The van der Waals surface area contributed by atoms with Gasteiger partial charge in [0.2, 0.25) is 0 Å². The maximum Gasteiger partial charge on any atom is 0.125 e. The Labute approximate surface area is 117 Å². The molecule has 106 valence electrons. The Balaban J connectivity index is 2.77. The Morgan fingerprint density at radius 1 is 1.45 bits per heavy atom. The molecule has 7 heteroatoms. The van der Waals surface area contributed by atoms with Crippen LogP contribution in [0, 0.1) is 11.3 Å². The molecule has 0 spiro atoms. The van der Waals surface area contributed by atoms with Gasteiger partial charge < -0.3 is 9.47 Å². The van der Waals surface area contributed by atoms with Gasteiger partial charge >= 0.3 is 0 Å². The summed E-state index contributed by atoms with van der Waals surface area (Å²) in [4.78, 5) is 2.68. The number of nitrogens with zero attached hydrogens (tertiary/aromatic N) is 4. The zero-order valence-corrected chi connectivity index (χ0v) is 11.5. The second kappa shape index (κ2) is 8.64. The van der Waals surface area contributed by atoms with E-state index in [2.05, 4.69) is 21.4 Å². The predicted octanol–water partition coefficient (Wildman–Crippen LogP) is 2.56. The number of hydrogen-bond acceptors (Lipinski definition) is 5. The van der Waals surface area contributed by atoms with Gasteiger partial charge in [0.1, 0.15) is 17.5 Å². The largest absolute Gasteiger partial charge is 0.497 e. The van der Waals surface area contributed by atoms with Crippen LogP contribution in [0.1, 0.15) is 18.0 Å². The minimum atomic E-state index is -0.508. The number of azide groups is 1. The maximum atomic E-state index is 9.27. The summed E-state index contributed by atoms with van der Waals surface area (Å²) in [6, 6.07) is 6.99. The first-order chi connectivity index (χ1) is 9.76. The molecule has 7 nitrogen and oxygen atoms in total. The van der Waals surface area contributed by atoms with E-state index < -0.39 is 6.04 Å². The van der Waals surface area contributed by atoms with Gasteiger partial charge in [0.25, 0.3) is 0 Å². The summed E-state index contributed by atoms with van der Waals surface area (Å²) in [5, 5.41) is 15.8. The van der Waals surface area contributed by atoms with Crippen molar-refractivity contribution in [1.82, 2.24) is 5.32 Å². The standard InChI is InChI=1S/C13H17N5O2/c1-19-10-4-5-13(20-2)11(8-10)12(9-14)16-6-3-7-17-18-15/h4-5,8,12,16H,3,6-7H2,1-2H3. The van der Waals surface area contributed by atoms with E-state index in [4.69, 9.17) is 15.0 Å². The molecule has 1 rings (SSSR count). The predicted molar refractivity (Wildman–Crippen MR) is 74.5 cm³/mol. The molecule has 0 aliphatic rings. The number of benzene rings is 1. The molecule has 1 unspecified atom stereocenters. The normalized spacial score (nSPS) is 11.1. The quantitative estimate of drug-likeness (QED) is 0.341. The van der Waals surface area contributed by atoms with E-state index in [0.29, 0.717) is 31.0 Å². The first-order valence-corrected chi connectivity index (χ1v) is 6.12. The van der Waals surface area contributed by atoms with Crippen LogP contribution in [0.3, 0.4) is 0 Å². The fraction of sp³-hybridized carbons (Fsp3) is 0.462. The van der Waals surface area contributed by atoms with Crippen LogP contribution in [0.15, 0.2) is 23.3 Å². The first-order valence-electron chi connectivity index (χ1n) is 6.12. The zero-order valence-electron chi connectivity index (χ0n) is 11.5. The van der Waals surface area contributed by atoms with Crippen molar-refractivity contribution >= 4 is 0 Å². The fourth-order valence-corrected chi connectivity index (χ4v) is 1.73. The Bertz CT molecular complexity index is 520. The van der Waals surface area contributed by atoms with E-state index in [1.54, 1.807) is 32.4 Å². The molecule has 0 amide bonds. The average Bonchev–Trinajstić information content (AvgIpc) is 2.50. The summed E-state index contributed by atoms with van der Waals surface area (Å²) in [6.45, 7) is 0.967. The van der Waals surface area contributed by atoms with Crippen LogP contribution in [0.2, 0.25) is 0 Å². The van der Waals surface area contributed by atoms with Crippen LogP contribution in [0.25, 0.3) is 10.4 Å². The Morgan fingerprint density at radius 3 is 2.85 bits per heavy atom. The van der Waals surface area contributed by atoms with Crippen molar-refractivity contribution in [3.8, 4) is 17.6 Å². The van der Waals surface area contributed by atoms with Crippen molar-refractivity contribution in [1.29, 1.82) is 5.26 Å². The van der Waals surface area contributed by atoms with Gasteiger partial charge in [-0.1, -0.05) is 5.11 Å². The third-order valence-electron chi connectivity index (χ3n) is 2.72. The smallest absolute Gasteiger partial charge is 0.125 e. The second-order valence-electron chi connectivity index (χ2n) is 3.93. The molecule has 0 aliphatic carbocycles. The van der Waals surface area contributed by atoms with Crippen LogP contribution in [-0.4, -0.2) is 27.3 Å². The molecule has 0 saturated heterocycles. The number of nitrogens with one attached hydrogen (secondary N) is 1. The van der Waals surface area contributed by atoms with Gasteiger partial charge in [0, 0.05) is 17.0 Å². The summed E-state index contributed by atoms with van der Waals surface area (Å²) in [5.41, 5.74) is 8.90. The lowest BCUT2D eigenvalue weighted by Gasteiger charge is -2.16. The fourth-order valence-electron chi connectivity index (χ4n) is 1.73. The topological polar surface area (TPSA) is 103 Å². The molecule has 0 fully saturated rings. The third kappa shape index (κ3) is 4.35. The SMILES string of the molecule is COc1ccc(OC)c(C(C#N)NCCCN=[N+]=[N-])c1. The molecule has 1 N–H and O–H groups in total. The van der Waals surface area contributed by atoms with Crippen LogP contribution in [-0.2, 0) is 0 Å². The number of rotatable bonds is 8. The van der Waals surface area contributed by atoms with Gasteiger partial charge in [-0.25, -0.2) is 0 Å². The van der Waals surface area contributed by atoms with Gasteiger partial charge in [0.05, 0.1) is 20.3 Å². The number of methoxy groups -OCH3 is 2. The molecular formula is C13H17N5O2. The van der Waals surface area contributed by atoms with Gasteiger partial charge in [-0.2, -0.15) is 5.26 Å². The molecule has 0 saturated carbocycles. The number of hydrogen-bond donors (Lipinski definition) is 1. The lowest BCUT2D eigenvalue weighted by molar-refractivity contribution is 0.394. The molecule has 1 atom stereocenters. The highest BCUT2D eigenvalue weighted by Crippen LogP contribution is 2.29. The summed E-state index contributed by atoms with van der Waals surface area (Å²) >= 11 is 0. The average molecular weight is 275 g/mol. The molecular weight excluding hydrogens is 258 g/mol. The van der Waals surface area contributed by atoms with Crippen LogP contribution in [0.4, 0.5) is 0 Å². The monoisotopic (exact) mass is 275 g/mol. The third-order valence-corrected chi connectivity index (χ3v) is 2.72. The van der Waals surface area contributed by atoms with Crippen molar-refractivity contribution in [3.05, 3.63) is 34.2 Å². The van der Waals surface area contributed by atoms with Gasteiger partial charge in [-0.3, -0.25) is 5.32 Å². The van der Waals surface area contributed by atoms with E-state index in [1.807, 2.05) is 0 Å². The summed E-state index contributed by atoms with van der Waals surface area (Å²) in [6.07, 6.45) is 0.661. The molecule has 20 heavy (non-hydrogen) atoms. The summed E-state index contributed by atoms with van der Waals surface area (Å²) in [5.74, 6) is 1.29. The molecule has 0 aliphatic heterocycles. The van der Waals surface area contributed by atoms with E-state index in [9.17, 15) is 5.26 Å². The second-order valence-corrected chi connectivity index (χ2v) is 3.93. The van der Waals surface area contributed by atoms with Crippen molar-refractivity contribution < 1.29 is 9.47 Å². The Kier molecular flexibility index (Phi) is 6.76. The highest BCUT2D eigenvalue weighted by molar-refractivity contribution is 5.44. The van der Waals surface area contributed by atoms with E-state index in [1.165, 1.54) is 0 Å². The Morgan fingerprint density at radius 2 is 2.25 bits per heavy atom. The lowest BCUT2D eigenvalue weighted by Crippen LogP contribution is -2.22. The van der Waals surface area contributed by atoms with Crippen molar-refractivity contribution in [3.63, 3.8) is 0 Å². The molecule has 1 aromatic carbocycles. The molecule has 0 radical (unpaired) electrons. The number of nitriles is 1. The molecule has 0 bridgehead atoms. The highest BCUT2D eigenvalue weighted by atomic mass is 16.5. The molecule has 1 aromatic rings. The van der Waals surface area contributed by atoms with Gasteiger partial charge in [-0.05, 0) is 36.7 Å². The minimum absolute atomic E-state index is 0.400. The molecule has 0 heterocycles. The Hall–Kier alpha value is -2.42. The van der Waals surface area contributed by atoms with Crippen molar-refractivity contribution in [2.45, 2.75) is 12.5 Å². The summed E-state index contributed by atoms with van der Waals surface area (Å²) < 4.78 is 10.4. The van der Waals surface area contributed by atoms with Crippen LogP contribution >= 0.6 is 0 Å². The van der Waals surface area contributed by atoms with Gasteiger partial charge in [-0.15, -0.1) is 0 Å². The van der Waals surface area contributed by atoms with E-state index in [-0.39, 0.29) is 0 Å².